The number of halogens is 7. The molecule has 2 unspecified atom stereocenters. The molecule has 0 aliphatic carbocycles. The van der Waals surface area contributed by atoms with E-state index in [-0.39, 0.29) is 80.8 Å². The lowest BCUT2D eigenvalue weighted by Crippen LogP contribution is -2.26. The molecule has 2 N–H and O–H groups in total. The van der Waals surface area contributed by atoms with E-state index in [1.807, 2.05) is 0 Å². The van der Waals surface area contributed by atoms with Crippen LogP contribution >= 0.6 is 31.9 Å². The number of aliphatic carboxylic acids is 2. The molecular weight excluding hydrogens is 887 g/mol. The minimum Gasteiger partial charge on any atom is -0.492 e. The standard InChI is InChI=1S/C42H43Br2F5O8/c1-3-54-37(40(50)51)21-25-9-15-35(33(43)19-25)56-17-5-7-27-11-13-29(23-31(27)39(45)46)30-14-12-28(32(24-30)42(47,48)49)8-6-18-57-36-16-10-26(20-34(36)44)22-38(41(52)53)55-4-2/h9-16,19-20,23-24,37-39H,3-8,17-18,21-22H2,1-2H3,(H,50,51)(H,52,53). The Morgan fingerprint density at radius 2 is 1.12 bits per heavy atom. The molecule has 0 saturated carbocycles. The molecule has 0 heterocycles. The van der Waals surface area contributed by atoms with Gasteiger partial charge in [0.1, 0.15) is 11.5 Å². The van der Waals surface area contributed by atoms with Crippen LogP contribution in [-0.4, -0.2) is 60.8 Å². The van der Waals surface area contributed by atoms with Gasteiger partial charge in [-0.2, -0.15) is 13.2 Å². The molecular formula is C42H43Br2F5O8. The zero-order valence-electron chi connectivity index (χ0n) is 31.2. The van der Waals surface area contributed by atoms with Crippen molar-refractivity contribution < 1.29 is 60.7 Å². The van der Waals surface area contributed by atoms with Crippen molar-refractivity contribution in [1.82, 2.24) is 0 Å². The highest BCUT2D eigenvalue weighted by Crippen LogP contribution is 2.37. The topological polar surface area (TPSA) is 112 Å². The van der Waals surface area contributed by atoms with E-state index in [0.717, 1.165) is 11.6 Å². The molecule has 57 heavy (non-hydrogen) atoms. The van der Waals surface area contributed by atoms with Gasteiger partial charge in [0, 0.05) is 31.6 Å². The lowest BCUT2D eigenvalue weighted by molar-refractivity contribution is -0.150. The molecule has 2 atom stereocenters. The quantitative estimate of drug-likeness (QED) is 0.0592. The van der Waals surface area contributed by atoms with Crippen molar-refractivity contribution in [2.75, 3.05) is 26.4 Å². The van der Waals surface area contributed by atoms with Gasteiger partial charge in [0.25, 0.3) is 6.43 Å². The molecule has 0 saturated heterocycles. The number of benzene rings is 4. The number of alkyl halides is 5. The predicted molar refractivity (Wildman–Crippen MR) is 211 cm³/mol. The third-order valence-corrected chi connectivity index (χ3v) is 10.2. The molecule has 308 valence electrons. The summed E-state index contributed by atoms with van der Waals surface area (Å²) in [6.45, 7) is 4.22. The summed E-state index contributed by atoms with van der Waals surface area (Å²) in [5.41, 5.74) is 1.07. The summed E-state index contributed by atoms with van der Waals surface area (Å²) in [5, 5.41) is 18.7. The minimum atomic E-state index is -4.69. The summed E-state index contributed by atoms with van der Waals surface area (Å²) < 4.78 is 94.6. The molecule has 0 radical (unpaired) electrons. The van der Waals surface area contributed by atoms with Crippen LogP contribution in [0.4, 0.5) is 22.0 Å². The number of rotatable bonds is 22. The Hall–Kier alpha value is -4.05. The summed E-state index contributed by atoms with van der Waals surface area (Å²) in [7, 11) is 0. The predicted octanol–water partition coefficient (Wildman–Crippen LogP) is 10.9. The molecule has 4 aromatic rings. The van der Waals surface area contributed by atoms with Crippen molar-refractivity contribution >= 4 is 43.8 Å². The van der Waals surface area contributed by atoms with E-state index in [9.17, 15) is 41.8 Å². The van der Waals surface area contributed by atoms with Crippen LogP contribution < -0.4 is 9.47 Å². The molecule has 0 spiro atoms. The Labute approximate surface area is 344 Å². The van der Waals surface area contributed by atoms with E-state index in [1.54, 1.807) is 50.2 Å². The van der Waals surface area contributed by atoms with Crippen molar-refractivity contribution in [1.29, 1.82) is 0 Å². The molecule has 4 rings (SSSR count). The highest BCUT2D eigenvalue weighted by Gasteiger charge is 2.33. The Balaban J connectivity index is 1.36. The van der Waals surface area contributed by atoms with Crippen LogP contribution in [0.3, 0.4) is 0 Å². The smallest absolute Gasteiger partial charge is 0.416 e. The maximum Gasteiger partial charge on any atom is 0.416 e. The molecule has 8 nitrogen and oxygen atoms in total. The van der Waals surface area contributed by atoms with Gasteiger partial charge in [0.05, 0.1) is 27.7 Å². The Morgan fingerprint density at radius 1 is 0.667 bits per heavy atom. The van der Waals surface area contributed by atoms with Gasteiger partial charge in [-0.15, -0.1) is 0 Å². The molecule has 0 amide bonds. The first-order valence-electron chi connectivity index (χ1n) is 18.2. The van der Waals surface area contributed by atoms with Gasteiger partial charge >= 0.3 is 18.1 Å². The first kappa shape index (κ1) is 45.6. The first-order chi connectivity index (χ1) is 27.1. The fraction of sp³-hybridized carbons (Fsp3) is 0.381. The number of carboxylic acid groups (broad SMARTS) is 2. The maximum atomic E-state index is 14.3. The second-order valence-corrected chi connectivity index (χ2v) is 14.7. The average molecular weight is 931 g/mol. The molecule has 15 heteroatoms. The number of carbonyl (C=O) groups is 2. The zero-order chi connectivity index (χ0) is 41.7. The van der Waals surface area contributed by atoms with Crippen LogP contribution in [0, 0.1) is 0 Å². The van der Waals surface area contributed by atoms with E-state index in [0.29, 0.717) is 38.0 Å². The largest absolute Gasteiger partial charge is 0.492 e. The molecule has 0 aliphatic heterocycles. The Bertz CT molecular complexity index is 1970. The average Bonchev–Trinajstić information content (AvgIpc) is 3.15. The third kappa shape index (κ3) is 13.5. The van der Waals surface area contributed by atoms with E-state index >= 15 is 0 Å². The van der Waals surface area contributed by atoms with E-state index < -0.39 is 42.3 Å². The van der Waals surface area contributed by atoms with Gasteiger partial charge in [-0.25, -0.2) is 18.4 Å². The normalized spacial score (nSPS) is 12.7. The highest BCUT2D eigenvalue weighted by atomic mass is 79.9. The molecule has 0 bridgehead atoms. The van der Waals surface area contributed by atoms with Crippen molar-refractivity contribution in [3.63, 3.8) is 0 Å². The molecule has 4 aromatic carbocycles. The van der Waals surface area contributed by atoms with Crippen LogP contribution in [0.25, 0.3) is 11.1 Å². The summed E-state index contributed by atoms with van der Waals surface area (Å²) >= 11 is 6.83. The Morgan fingerprint density at radius 3 is 1.54 bits per heavy atom. The third-order valence-electron chi connectivity index (χ3n) is 8.95. The number of carboxylic acids is 2. The van der Waals surface area contributed by atoms with Crippen molar-refractivity contribution in [3.8, 4) is 22.6 Å². The number of hydrogen-bond acceptors (Lipinski definition) is 6. The maximum absolute atomic E-state index is 14.3. The lowest BCUT2D eigenvalue weighted by atomic mass is 9.93. The summed E-state index contributed by atoms with van der Waals surface area (Å²) in [5.74, 6) is -1.20. The first-order valence-corrected chi connectivity index (χ1v) is 19.8. The Kier molecular flexibility index (Phi) is 17.3. The van der Waals surface area contributed by atoms with Crippen LogP contribution in [0.2, 0.25) is 0 Å². The fourth-order valence-corrected chi connectivity index (χ4v) is 7.26. The van der Waals surface area contributed by atoms with Crippen molar-refractivity contribution in [2.24, 2.45) is 0 Å². The fourth-order valence-electron chi connectivity index (χ4n) is 6.18. The van der Waals surface area contributed by atoms with Crippen LogP contribution in [-0.2, 0) is 50.9 Å². The highest BCUT2D eigenvalue weighted by molar-refractivity contribution is 9.11. The second kappa shape index (κ2) is 21.6. The van der Waals surface area contributed by atoms with Gasteiger partial charge in [-0.1, -0.05) is 36.4 Å². The molecule has 0 aromatic heterocycles. The van der Waals surface area contributed by atoms with E-state index in [4.69, 9.17) is 18.9 Å². The lowest BCUT2D eigenvalue weighted by Gasteiger charge is -2.17. The van der Waals surface area contributed by atoms with Gasteiger partial charge in [-0.05, 0) is 141 Å². The van der Waals surface area contributed by atoms with Gasteiger partial charge in [0.15, 0.2) is 12.2 Å². The zero-order valence-corrected chi connectivity index (χ0v) is 34.4. The number of ether oxygens (including phenoxy) is 4. The monoisotopic (exact) mass is 928 g/mol. The number of hydrogen-bond donors (Lipinski definition) is 2. The van der Waals surface area contributed by atoms with Gasteiger partial charge < -0.3 is 29.2 Å². The second-order valence-electron chi connectivity index (χ2n) is 13.0. The SMILES string of the molecule is CCOC(Cc1ccc(OCCCc2ccc(-c3ccc(CCCOc4ccc(CC(OCC)C(=O)O)cc4Br)c(C(F)(F)F)c3)cc2C(F)F)c(Br)c1)C(=O)O. The minimum absolute atomic E-state index is 0.0434. The summed E-state index contributed by atoms with van der Waals surface area (Å²) in [6.07, 6.45) is -8.31. The van der Waals surface area contributed by atoms with Gasteiger partial charge in [-0.3, -0.25) is 0 Å². The summed E-state index contributed by atoms with van der Waals surface area (Å²) in [4.78, 5) is 22.8. The van der Waals surface area contributed by atoms with Crippen molar-refractivity contribution in [2.45, 2.75) is 77.2 Å². The van der Waals surface area contributed by atoms with Crippen LogP contribution in [0.15, 0.2) is 81.7 Å². The van der Waals surface area contributed by atoms with Crippen molar-refractivity contribution in [3.05, 3.63) is 115 Å². The number of aryl methyl sites for hydroxylation is 2. The molecule has 0 aliphatic rings. The molecule has 0 fully saturated rings. The van der Waals surface area contributed by atoms with E-state index in [2.05, 4.69) is 31.9 Å². The summed E-state index contributed by atoms with van der Waals surface area (Å²) in [6, 6.07) is 18.3. The van der Waals surface area contributed by atoms with Gasteiger partial charge in [0.2, 0.25) is 0 Å². The van der Waals surface area contributed by atoms with E-state index in [1.165, 1.54) is 30.3 Å². The van der Waals surface area contributed by atoms with Crippen LogP contribution in [0.1, 0.15) is 66.5 Å². The van der Waals surface area contributed by atoms with Crippen LogP contribution in [0.5, 0.6) is 11.5 Å².